The molecule has 1 atom stereocenters. The van der Waals surface area contributed by atoms with Crippen LogP contribution in [0.4, 0.5) is 0 Å². The van der Waals surface area contributed by atoms with Gasteiger partial charge in [0.25, 0.3) is 0 Å². The molecule has 0 saturated heterocycles. The van der Waals surface area contributed by atoms with Crippen LogP contribution >= 0.6 is 0 Å². The highest BCUT2D eigenvalue weighted by molar-refractivity contribution is 5.72. The number of carbonyl (C=O) groups excluding carboxylic acids is 1. The molecule has 0 aromatic carbocycles. The average Bonchev–Trinajstić information content (AvgIpc) is 2.40. The number of hydrogen-bond donors (Lipinski definition) is 1. The van der Waals surface area contributed by atoms with Crippen molar-refractivity contribution in [1.82, 2.24) is 4.90 Å². The van der Waals surface area contributed by atoms with Crippen molar-refractivity contribution < 1.29 is 14.6 Å². The fourth-order valence-corrected chi connectivity index (χ4v) is 2.84. The Balaban J connectivity index is 2.49. The van der Waals surface area contributed by atoms with Crippen LogP contribution in [0.3, 0.4) is 0 Å². The van der Waals surface area contributed by atoms with Crippen LogP contribution in [0.25, 0.3) is 0 Å². The second kappa shape index (κ2) is 7.25. The van der Waals surface area contributed by atoms with Gasteiger partial charge in [-0.25, -0.2) is 0 Å². The van der Waals surface area contributed by atoms with Gasteiger partial charge in [0.2, 0.25) is 0 Å². The molecule has 0 aromatic heterocycles. The molecule has 4 heteroatoms. The molecule has 1 N–H and O–H groups in total. The molecule has 4 nitrogen and oxygen atoms in total. The van der Waals surface area contributed by atoms with Crippen LogP contribution in [-0.2, 0) is 9.53 Å². The van der Waals surface area contributed by atoms with Gasteiger partial charge >= 0.3 is 5.97 Å². The number of carbonyl (C=O) groups is 1. The third kappa shape index (κ3) is 5.11. The molecule has 1 unspecified atom stereocenters. The Hall–Kier alpha value is -0.610. The fraction of sp³-hybridized carbons (Fsp3) is 0.933. The van der Waals surface area contributed by atoms with E-state index in [1.54, 1.807) is 0 Å². The molecule has 0 amide bonds. The zero-order valence-electron chi connectivity index (χ0n) is 12.8. The van der Waals surface area contributed by atoms with Crippen molar-refractivity contribution in [2.45, 2.75) is 52.1 Å². The predicted octanol–water partition coefficient (Wildman–Crippen LogP) is 2.06. The van der Waals surface area contributed by atoms with E-state index in [4.69, 9.17) is 4.74 Å². The average molecular weight is 271 g/mol. The summed E-state index contributed by atoms with van der Waals surface area (Å²) in [4.78, 5) is 13.6. The summed E-state index contributed by atoms with van der Waals surface area (Å²) in [6.45, 7) is 8.36. The van der Waals surface area contributed by atoms with Gasteiger partial charge in [-0.1, -0.05) is 20.8 Å². The van der Waals surface area contributed by atoms with Gasteiger partial charge in [0.05, 0.1) is 18.6 Å². The van der Waals surface area contributed by atoms with E-state index in [2.05, 4.69) is 18.7 Å². The van der Waals surface area contributed by atoms with Crippen LogP contribution < -0.4 is 0 Å². The highest BCUT2D eigenvalue weighted by Crippen LogP contribution is 2.32. The van der Waals surface area contributed by atoms with Gasteiger partial charge in [0, 0.05) is 13.1 Å². The minimum absolute atomic E-state index is 0.143. The molecule has 1 aliphatic rings. The van der Waals surface area contributed by atoms with Crippen LogP contribution in [0.15, 0.2) is 0 Å². The van der Waals surface area contributed by atoms with Crippen molar-refractivity contribution in [2.24, 2.45) is 11.8 Å². The lowest BCUT2D eigenvalue weighted by atomic mass is 9.79. The molecule has 0 aliphatic heterocycles. The summed E-state index contributed by atoms with van der Waals surface area (Å²) < 4.78 is 4.76. The van der Waals surface area contributed by atoms with Crippen LogP contribution in [0.5, 0.6) is 0 Å². The number of hydrogen-bond acceptors (Lipinski definition) is 4. The molecule has 19 heavy (non-hydrogen) atoms. The molecule has 0 heterocycles. The largest absolute Gasteiger partial charge is 0.469 e. The van der Waals surface area contributed by atoms with Gasteiger partial charge in [0.15, 0.2) is 0 Å². The molecule has 1 rings (SSSR count). The molecule has 0 radical (unpaired) electrons. The Bertz CT molecular complexity index is 285. The van der Waals surface area contributed by atoms with Crippen molar-refractivity contribution in [2.75, 3.05) is 26.7 Å². The molecular formula is C15H29NO3. The second-order valence-electron chi connectivity index (χ2n) is 6.16. The minimum atomic E-state index is -0.571. The maximum atomic E-state index is 11.5. The number of rotatable bonds is 6. The first kappa shape index (κ1) is 16.4. The molecule has 1 aliphatic carbocycles. The highest BCUT2D eigenvalue weighted by Gasteiger charge is 2.33. The lowest BCUT2D eigenvalue weighted by Gasteiger charge is -2.39. The third-order valence-corrected chi connectivity index (χ3v) is 4.31. The second-order valence-corrected chi connectivity index (χ2v) is 6.16. The number of esters is 1. The van der Waals surface area contributed by atoms with Crippen molar-refractivity contribution in [3.05, 3.63) is 0 Å². The number of methoxy groups -OCH3 is 1. The maximum Gasteiger partial charge on any atom is 0.309 e. The van der Waals surface area contributed by atoms with Gasteiger partial charge in [-0.3, -0.25) is 9.69 Å². The summed E-state index contributed by atoms with van der Waals surface area (Å²) in [5.74, 6) is 0.406. The lowest BCUT2D eigenvalue weighted by Crippen LogP contribution is -2.47. The summed E-state index contributed by atoms with van der Waals surface area (Å²) in [6, 6.07) is 0. The monoisotopic (exact) mass is 271 g/mol. The maximum absolute atomic E-state index is 11.5. The first-order valence-corrected chi connectivity index (χ1v) is 7.42. The predicted molar refractivity (Wildman–Crippen MR) is 75.9 cm³/mol. The minimum Gasteiger partial charge on any atom is -0.469 e. The summed E-state index contributed by atoms with van der Waals surface area (Å²) >= 11 is 0. The first-order valence-electron chi connectivity index (χ1n) is 7.42. The number of likely N-dealkylation sites (N-methyl/N-ethyl adjacent to an activating group) is 1. The molecule has 0 bridgehead atoms. The number of aliphatic hydroxyl groups is 1. The van der Waals surface area contributed by atoms with Crippen LogP contribution in [0.1, 0.15) is 46.5 Å². The molecule has 1 fully saturated rings. The van der Waals surface area contributed by atoms with E-state index in [-0.39, 0.29) is 11.9 Å². The lowest BCUT2D eigenvalue weighted by molar-refractivity contribution is -0.145. The van der Waals surface area contributed by atoms with Gasteiger partial charge in [0.1, 0.15) is 0 Å². The smallest absolute Gasteiger partial charge is 0.309 e. The molecule has 112 valence electrons. The van der Waals surface area contributed by atoms with Crippen molar-refractivity contribution in [3.63, 3.8) is 0 Å². The Morgan fingerprint density at radius 1 is 1.47 bits per heavy atom. The topological polar surface area (TPSA) is 49.8 Å². The van der Waals surface area contributed by atoms with Crippen molar-refractivity contribution >= 4 is 5.97 Å². The van der Waals surface area contributed by atoms with Crippen molar-refractivity contribution in [3.8, 4) is 0 Å². The highest BCUT2D eigenvalue weighted by atomic mass is 16.5. The Morgan fingerprint density at radius 3 is 2.53 bits per heavy atom. The van der Waals surface area contributed by atoms with Crippen LogP contribution in [0, 0.1) is 11.8 Å². The van der Waals surface area contributed by atoms with E-state index in [1.165, 1.54) is 7.11 Å². The van der Waals surface area contributed by atoms with Crippen molar-refractivity contribution in [1.29, 1.82) is 0 Å². The normalized spacial score (nSPS) is 29.3. The van der Waals surface area contributed by atoms with E-state index in [9.17, 15) is 9.90 Å². The van der Waals surface area contributed by atoms with Gasteiger partial charge in [-0.15, -0.1) is 0 Å². The van der Waals surface area contributed by atoms with E-state index >= 15 is 0 Å². The third-order valence-electron chi connectivity index (χ3n) is 4.31. The standard InChI is InChI=1S/C15H29NO3/c1-5-16(10-13(3)14(17)19-4)11-15(18)8-6-12(2)7-9-15/h12-13,18H,5-11H2,1-4H3. The van der Waals surface area contributed by atoms with E-state index in [0.717, 1.165) is 38.1 Å². The number of ether oxygens (including phenoxy) is 1. The summed E-state index contributed by atoms with van der Waals surface area (Å²) in [6.07, 6.45) is 3.94. The summed E-state index contributed by atoms with van der Waals surface area (Å²) in [5, 5.41) is 10.6. The zero-order valence-corrected chi connectivity index (χ0v) is 12.8. The molecule has 0 aromatic rings. The van der Waals surface area contributed by atoms with E-state index in [0.29, 0.717) is 13.1 Å². The van der Waals surface area contributed by atoms with Gasteiger partial charge < -0.3 is 9.84 Å². The van der Waals surface area contributed by atoms with E-state index in [1.807, 2.05) is 6.92 Å². The Labute approximate surface area is 117 Å². The van der Waals surface area contributed by atoms with Gasteiger partial charge in [-0.2, -0.15) is 0 Å². The Kier molecular flexibility index (Phi) is 6.27. The SMILES string of the molecule is CCN(CC(C)C(=O)OC)CC1(O)CCC(C)CC1. The van der Waals surface area contributed by atoms with Gasteiger partial charge in [-0.05, 0) is 38.1 Å². The van der Waals surface area contributed by atoms with Crippen LogP contribution in [-0.4, -0.2) is 48.3 Å². The van der Waals surface area contributed by atoms with Crippen LogP contribution in [0.2, 0.25) is 0 Å². The fourth-order valence-electron chi connectivity index (χ4n) is 2.84. The number of nitrogens with zero attached hydrogens (tertiary/aromatic N) is 1. The first-order chi connectivity index (χ1) is 8.90. The summed E-state index contributed by atoms with van der Waals surface area (Å²) in [5.41, 5.74) is -0.571. The molecule has 1 saturated carbocycles. The zero-order chi connectivity index (χ0) is 14.5. The quantitative estimate of drug-likeness (QED) is 0.751. The summed E-state index contributed by atoms with van der Waals surface area (Å²) in [7, 11) is 1.42. The molecule has 0 spiro atoms. The molecular weight excluding hydrogens is 242 g/mol. The Morgan fingerprint density at radius 2 is 2.05 bits per heavy atom. The van der Waals surface area contributed by atoms with E-state index < -0.39 is 5.60 Å².